The van der Waals surface area contributed by atoms with Crippen molar-refractivity contribution in [2.75, 3.05) is 20.3 Å². The Morgan fingerprint density at radius 3 is 2.32 bits per heavy atom. The van der Waals surface area contributed by atoms with E-state index in [1.807, 2.05) is 0 Å². The van der Waals surface area contributed by atoms with Crippen LogP contribution in [0.4, 0.5) is 0 Å². The molecule has 8 N–H and O–H groups in total. The van der Waals surface area contributed by atoms with Crippen LogP contribution in [0, 0.1) is 0 Å². The zero-order chi connectivity index (χ0) is 29.6. The summed E-state index contributed by atoms with van der Waals surface area (Å²) in [7, 11) is 1.26. The van der Waals surface area contributed by atoms with Crippen molar-refractivity contribution in [1.82, 2.24) is 0 Å². The van der Waals surface area contributed by atoms with Gasteiger partial charge in [-0.1, -0.05) is 0 Å². The average molecular weight is 579 g/mol. The third-order valence-electron chi connectivity index (χ3n) is 7.26. The summed E-state index contributed by atoms with van der Waals surface area (Å²) in [6.07, 6.45) is -14.4. The quantitative estimate of drug-likeness (QED) is 0.173. The van der Waals surface area contributed by atoms with Crippen molar-refractivity contribution in [3.63, 3.8) is 0 Å². The summed E-state index contributed by atoms with van der Waals surface area (Å²) in [5.74, 6) is -0.601. The number of aliphatic hydroxyl groups is 6. The molecule has 2 fully saturated rings. The third-order valence-corrected chi connectivity index (χ3v) is 7.26. The molecule has 0 amide bonds. The first-order chi connectivity index (χ1) is 19.5. The average Bonchev–Trinajstić information content (AvgIpc) is 2.95. The second-order valence-corrected chi connectivity index (χ2v) is 9.85. The van der Waals surface area contributed by atoms with Gasteiger partial charge < -0.3 is 64.2 Å². The molecule has 0 radical (unpaired) electrons. The first-order valence-electron chi connectivity index (χ1n) is 12.7. The number of phenols is 2. The van der Waals surface area contributed by atoms with Crippen LogP contribution in [0.2, 0.25) is 0 Å². The minimum Gasteiger partial charge on any atom is -0.508 e. The van der Waals surface area contributed by atoms with Crippen molar-refractivity contribution in [2.24, 2.45) is 0 Å². The van der Waals surface area contributed by atoms with Crippen LogP contribution in [0.25, 0.3) is 22.3 Å². The Morgan fingerprint density at radius 1 is 0.951 bits per heavy atom. The van der Waals surface area contributed by atoms with Crippen LogP contribution in [0.1, 0.15) is 11.7 Å². The summed E-state index contributed by atoms with van der Waals surface area (Å²) in [5, 5.41) is 82.2. The highest BCUT2D eigenvalue weighted by molar-refractivity contribution is 5.88. The molecule has 2 aliphatic rings. The van der Waals surface area contributed by atoms with Crippen molar-refractivity contribution in [2.45, 2.75) is 55.1 Å². The molecule has 0 saturated carbocycles. The van der Waals surface area contributed by atoms with Gasteiger partial charge in [-0.2, -0.15) is 0 Å². The van der Waals surface area contributed by atoms with Crippen LogP contribution in [0.5, 0.6) is 17.2 Å². The fraction of sp³-hybridized carbons (Fsp3) is 0.444. The van der Waals surface area contributed by atoms with Gasteiger partial charge in [0.05, 0.1) is 25.9 Å². The molecule has 0 bridgehead atoms. The van der Waals surface area contributed by atoms with Gasteiger partial charge in [-0.25, -0.2) is 0 Å². The highest BCUT2D eigenvalue weighted by atomic mass is 16.7. The summed E-state index contributed by atoms with van der Waals surface area (Å²) in [4.78, 5) is 13.2. The molecule has 3 aromatic rings. The zero-order valence-corrected chi connectivity index (χ0v) is 21.6. The molecular formula is C27H30O14. The maximum atomic E-state index is 13.2. The molecule has 0 aliphatic carbocycles. The molecule has 5 rings (SSSR count). The van der Waals surface area contributed by atoms with Gasteiger partial charge in [0.1, 0.15) is 82.8 Å². The van der Waals surface area contributed by atoms with Gasteiger partial charge in [-0.15, -0.1) is 0 Å². The van der Waals surface area contributed by atoms with Gasteiger partial charge in [-0.05, 0) is 24.3 Å². The fourth-order valence-corrected chi connectivity index (χ4v) is 5.04. The predicted octanol–water partition coefficient (Wildman–Crippen LogP) is -1.14. The van der Waals surface area contributed by atoms with Crippen LogP contribution < -0.4 is 10.2 Å². The van der Waals surface area contributed by atoms with Crippen molar-refractivity contribution >= 4 is 11.0 Å². The lowest BCUT2D eigenvalue weighted by Gasteiger charge is -2.45. The lowest BCUT2D eigenvalue weighted by molar-refractivity contribution is -0.325. The number of methoxy groups -OCH3 is 1. The monoisotopic (exact) mass is 578 g/mol. The van der Waals surface area contributed by atoms with Crippen LogP contribution in [-0.4, -0.2) is 110 Å². The number of phenolic OH excluding ortho intramolecular Hbond substituents is 2. The SMILES string of the molecule is COc1cc2oc(-c3ccc(O)cc3)cc(=O)c2c(O)c1C1OC(CO)C(O)C(O)C1OC1OCC(O)C(O)C1O. The van der Waals surface area contributed by atoms with Gasteiger partial charge in [-0.3, -0.25) is 4.79 Å². The highest BCUT2D eigenvalue weighted by Gasteiger charge is 2.50. The minimum atomic E-state index is -1.79. The molecule has 222 valence electrons. The summed E-state index contributed by atoms with van der Waals surface area (Å²) in [6, 6.07) is 8.31. The Labute approximate surface area is 231 Å². The number of fused-ring (bicyclic) bond motifs is 1. The van der Waals surface area contributed by atoms with Crippen LogP contribution >= 0.6 is 0 Å². The van der Waals surface area contributed by atoms with E-state index in [1.165, 1.54) is 37.4 Å². The van der Waals surface area contributed by atoms with E-state index in [-0.39, 0.29) is 33.8 Å². The molecule has 9 unspecified atom stereocenters. The number of rotatable bonds is 6. The Morgan fingerprint density at radius 2 is 1.66 bits per heavy atom. The van der Waals surface area contributed by atoms with E-state index < -0.39 is 79.5 Å². The van der Waals surface area contributed by atoms with E-state index in [2.05, 4.69) is 0 Å². The van der Waals surface area contributed by atoms with Gasteiger partial charge in [0, 0.05) is 17.7 Å². The van der Waals surface area contributed by atoms with Crippen molar-refractivity contribution in [1.29, 1.82) is 0 Å². The number of hydrogen-bond donors (Lipinski definition) is 8. The second kappa shape index (κ2) is 11.5. The molecule has 1 aromatic heterocycles. The Hall–Kier alpha value is -3.31. The number of aromatic hydroxyl groups is 2. The van der Waals surface area contributed by atoms with E-state index >= 15 is 0 Å². The molecule has 2 aromatic carbocycles. The molecular weight excluding hydrogens is 548 g/mol. The molecule has 41 heavy (non-hydrogen) atoms. The third kappa shape index (κ3) is 5.25. The maximum Gasteiger partial charge on any atom is 0.197 e. The van der Waals surface area contributed by atoms with E-state index in [4.69, 9.17) is 23.4 Å². The van der Waals surface area contributed by atoms with Crippen molar-refractivity contribution < 1.29 is 64.2 Å². The molecule has 3 heterocycles. The van der Waals surface area contributed by atoms with E-state index in [1.54, 1.807) is 0 Å². The number of benzene rings is 2. The standard InChI is InChI=1S/C27H30O14/c1-37-15-7-16-18(12(30)6-14(39-16)10-2-4-11(29)5-3-10)22(34)19(15)25-26(23(35)21(33)17(8-28)40-25)41-27-24(36)20(32)13(31)9-38-27/h2-7,13,17,20-21,23-29,31-36H,8-9H2,1H3. The van der Waals surface area contributed by atoms with Gasteiger partial charge in [0.2, 0.25) is 0 Å². The first-order valence-corrected chi connectivity index (χ1v) is 12.7. The lowest BCUT2D eigenvalue weighted by Crippen LogP contribution is -2.60. The minimum absolute atomic E-state index is 0.00965. The Balaban J connectivity index is 1.61. The summed E-state index contributed by atoms with van der Waals surface area (Å²) >= 11 is 0. The topological polar surface area (TPSA) is 229 Å². The van der Waals surface area contributed by atoms with Gasteiger partial charge in [0.25, 0.3) is 0 Å². The number of ether oxygens (including phenoxy) is 4. The fourth-order valence-electron chi connectivity index (χ4n) is 5.04. The summed E-state index contributed by atoms with van der Waals surface area (Å²) < 4.78 is 28.2. The molecule has 2 saturated heterocycles. The molecule has 14 nitrogen and oxygen atoms in total. The van der Waals surface area contributed by atoms with Crippen molar-refractivity contribution in [3.8, 4) is 28.6 Å². The van der Waals surface area contributed by atoms with Gasteiger partial charge >= 0.3 is 0 Å². The highest BCUT2D eigenvalue weighted by Crippen LogP contribution is 2.46. The van der Waals surface area contributed by atoms with Crippen LogP contribution in [0.15, 0.2) is 45.6 Å². The molecule has 9 atom stereocenters. The number of hydrogen-bond acceptors (Lipinski definition) is 14. The predicted molar refractivity (Wildman–Crippen MR) is 137 cm³/mol. The summed E-state index contributed by atoms with van der Waals surface area (Å²) in [6.45, 7) is -1.17. The molecule has 14 heteroatoms. The van der Waals surface area contributed by atoms with E-state index in [9.17, 15) is 45.6 Å². The normalized spacial score (nSPS) is 32.2. The second-order valence-electron chi connectivity index (χ2n) is 9.85. The van der Waals surface area contributed by atoms with Gasteiger partial charge in [0.15, 0.2) is 11.7 Å². The van der Waals surface area contributed by atoms with E-state index in [0.29, 0.717) is 5.56 Å². The van der Waals surface area contributed by atoms with E-state index in [0.717, 1.165) is 6.07 Å². The molecule has 0 spiro atoms. The number of aliphatic hydroxyl groups excluding tert-OH is 6. The largest absolute Gasteiger partial charge is 0.508 e. The van der Waals surface area contributed by atoms with Crippen molar-refractivity contribution in [3.05, 3.63) is 52.2 Å². The Kier molecular flexibility index (Phi) is 8.20. The van der Waals surface area contributed by atoms with Crippen LogP contribution in [0.3, 0.4) is 0 Å². The first kappa shape index (κ1) is 29.2. The summed E-state index contributed by atoms with van der Waals surface area (Å²) in [5.41, 5.74) is -0.472. The smallest absolute Gasteiger partial charge is 0.197 e. The zero-order valence-electron chi connectivity index (χ0n) is 21.6. The molecule has 2 aliphatic heterocycles. The van der Waals surface area contributed by atoms with Crippen LogP contribution in [-0.2, 0) is 14.2 Å². The Bertz CT molecular complexity index is 1440. The lowest BCUT2D eigenvalue weighted by atomic mass is 9.89. The maximum absolute atomic E-state index is 13.2.